The second-order valence-electron chi connectivity index (χ2n) is 6.01. The van der Waals surface area contributed by atoms with Crippen LogP contribution in [0, 0.1) is 0 Å². The van der Waals surface area contributed by atoms with Crippen LogP contribution < -0.4 is 5.69 Å². The number of halogens is 1. The summed E-state index contributed by atoms with van der Waals surface area (Å²) in [6, 6.07) is 1.79. The Morgan fingerprint density at radius 3 is 3.08 bits per heavy atom. The standard InChI is InChI=1S/C16H20ClN5O2/c1-2-7-22-10-12(17)14(20-22)15(23)21-8-3-4-11(9-21)13-5-6-18-16(24)19-13/h5-6,10-11H,2-4,7-9H2,1H3,(H,18,19,24). The molecule has 1 aliphatic rings. The molecule has 1 unspecified atom stereocenters. The van der Waals surface area contributed by atoms with E-state index in [0.29, 0.717) is 23.8 Å². The second-order valence-corrected chi connectivity index (χ2v) is 6.42. The van der Waals surface area contributed by atoms with Crippen molar-refractivity contribution in [2.75, 3.05) is 13.1 Å². The molecule has 0 saturated carbocycles. The van der Waals surface area contributed by atoms with Crippen LogP contribution in [0.2, 0.25) is 5.02 Å². The summed E-state index contributed by atoms with van der Waals surface area (Å²) in [5, 5.41) is 4.69. The van der Waals surface area contributed by atoms with E-state index in [4.69, 9.17) is 11.6 Å². The first-order valence-corrected chi connectivity index (χ1v) is 8.53. The number of aryl methyl sites for hydroxylation is 1. The Hall–Kier alpha value is -2.15. The minimum Gasteiger partial charge on any atom is -0.337 e. The molecule has 2 aromatic heterocycles. The topological polar surface area (TPSA) is 83.9 Å². The molecule has 1 saturated heterocycles. The van der Waals surface area contributed by atoms with Gasteiger partial charge in [-0.15, -0.1) is 0 Å². The fourth-order valence-corrected chi connectivity index (χ4v) is 3.30. The molecule has 3 rings (SSSR count). The first-order chi connectivity index (χ1) is 11.6. The number of hydrogen-bond acceptors (Lipinski definition) is 4. The minimum absolute atomic E-state index is 0.0925. The van der Waals surface area contributed by atoms with Crippen LogP contribution in [0.5, 0.6) is 0 Å². The normalized spacial score (nSPS) is 17.9. The molecule has 2 aromatic rings. The Morgan fingerprint density at radius 2 is 2.33 bits per heavy atom. The molecule has 1 aliphatic heterocycles. The van der Waals surface area contributed by atoms with Crippen molar-refractivity contribution < 1.29 is 4.79 Å². The number of nitrogens with zero attached hydrogens (tertiary/aromatic N) is 4. The van der Waals surface area contributed by atoms with E-state index in [-0.39, 0.29) is 17.5 Å². The summed E-state index contributed by atoms with van der Waals surface area (Å²) in [5.74, 6) is -0.0640. The smallest absolute Gasteiger partial charge is 0.337 e. The summed E-state index contributed by atoms with van der Waals surface area (Å²) in [7, 11) is 0. The number of H-pyrrole nitrogens is 1. The van der Waals surface area contributed by atoms with Gasteiger partial charge >= 0.3 is 5.69 Å². The monoisotopic (exact) mass is 349 g/mol. The number of aromatic amines is 1. The number of likely N-dealkylation sites (tertiary alicyclic amines) is 1. The summed E-state index contributed by atoms with van der Waals surface area (Å²) in [5.41, 5.74) is 0.751. The van der Waals surface area contributed by atoms with Gasteiger partial charge in [0.05, 0.1) is 5.02 Å². The maximum Gasteiger partial charge on any atom is 0.345 e. The molecule has 8 heteroatoms. The minimum atomic E-state index is -0.364. The average Bonchev–Trinajstić information content (AvgIpc) is 2.95. The number of rotatable bonds is 4. The maximum absolute atomic E-state index is 12.8. The molecule has 1 fully saturated rings. The molecule has 1 N–H and O–H groups in total. The van der Waals surface area contributed by atoms with Gasteiger partial charge in [0.25, 0.3) is 5.91 Å². The van der Waals surface area contributed by atoms with E-state index in [1.54, 1.807) is 21.8 Å². The fourth-order valence-electron chi connectivity index (χ4n) is 3.07. The molecule has 7 nitrogen and oxygen atoms in total. The second kappa shape index (κ2) is 7.17. The zero-order valence-electron chi connectivity index (χ0n) is 13.5. The Labute approximate surface area is 144 Å². The van der Waals surface area contributed by atoms with Crippen LogP contribution in [0.3, 0.4) is 0 Å². The van der Waals surface area contributed by atoms with Gasteiger partial charge in [0.15, 0.2) is 5.69 Å². The SMILES string of the molecule is CCCn1cc(Cl)c(C(=O)N2CCCC(c3ccnc(=O)[nH]3)C2)n1. The van der Waals surface area contributed by atoms with E-state index >= 15 is 0 Å². The summed E-state index contributed by atoms with van der Waals surface area (Å²) >= 11 is 6.18. The number of piperidine rings is 1. The fraction of sp³-hybridized carbons (Fsp3) is 0.500. The van der Waals surface area contributed by atoms with Crippen LogP contribution in [0.25, 0.3) is 0 Å². The zero-order chi connectivity index (χ0) is 17.1. The predicted octanol–water partition coefficient (Wildman–Crippen LogP) is 2.05. The average molecular weight is 350 g/mol. The molecule has 24 heavy (non-hydrogen) atoms. The molecular formula is C16H20ClN5O2. The third kappa shape index (κ3) is 3.51. The lowest BCUT2D eigenvalue weighted by atomic mass is 9.94. The van der Waals surface area contributed by atoms with Gasteiger partial charge in [-0.3, -0.25) is 9.48 Å². The van der Waals surface area contributed by atoms with Crippen molar-refractivity contribution in [2.24, 2.45) is 0 Å². The molecule has 128 valence electrons. The van der Waals surface area contributed by atoms with Gasteiger partial charge in [0, 0.05) is 43.6 Å². The summed E-state index contributed by atoms with van der Waals surface area (Å²) < 4.78 is 1.71. The van der Waals surface area contributed by atoms with Gasteiger partial charge < -0.3 is 9.88 Å². The van der Waals surface area contributed by atoms with Crippen molar-refractivity contribution in [1.29, 1.82) is 0 Å². The highest BCUT2D eigenvalue weighted by atomic mass is 35.5. The lowest BCUT2D eigenvalue weighted by Gasteiger charge is -2.32. The van der Waals surface area contributed by atoms with E-state index in [0.717, 1.165) is 31.5 Å². The summed E-state index contributed by atoms with van der Waals surface area (Å²) in [6.07, 6.45) is 5.90. The Kier molecular flexibility index (Phi) is 4.99. The van der Waals surface area contributed by atoms with Crippen LogP contribution in [0.4, 0.5) is 0 Å². The first-order valence-electron chi connectivity index (χ1n) is 8.16. The third-order valence-electron chi connectivity index (χ3n) is 4.22. The maximum atomic E-state index is 12.8. The van der Waals surface area contributed by atoms with Crippen LogP contribution >= 0.6 is 11.6 Å². The van der Waals surface area contributed by atoms with Gasteiger partial charge in [-0.05, 0) is 25.3 Å². The Bertz CT molecular complexity index is 785. The van der Waals surface area contributed by atoms with Gasteiger partial charge in [-0.25, -0.2) is 9.78 Å². The molecule has 0 aromatic carbocycles. The van der Waals surface area contributed by atoms with Gasteiger partial charge in [0.1, 0.15) is 0 Å². The van der Waals surface area contributed by atoms with Crippen molar-refractivity contribution in [3.8, 4) is 0 Å². The lowest BCUT2D eigenvalue weighted by Crippen LogP contribution is -2.40. The zero-order valence-corrected chi connectivity index (χ0v) is 14.3. The Balaban J connectivity index is 1.77. The first kappa shape index (κ1) is 16.7. The van der Waals surface area contributed by atoms with E-state index in [1.165, 1.54) is 6.20 Å². The predicted molar refractivity (Wildman–Crippen MR) is 90.3 cm³/mol. The third-order valence-corrected chi connectivity index (χ3v) is 4.49. The van der Waals surface area contributed by atoms with Crippen LogP contribution in [-0.4, -0.2) is 43.6 Å². The van der Waals surface area contributed by atoms with Crippen molar-refractivity contribution in [3.63, 3.8) is 0 Å². The number of carbonyl (C=O) groups excluding carboxylic acids is 1. The van der Waals surface area contributed by atoms with E-state index in [1.807, 2.05) is 6.92 Å². The highest BCUT2D eigenvalue weighted by molar-refractivity contribution is 6.33. The highest BCUT2D eigenvalue weighted by Crippen LogP contribution is 2.26. The van der Waals surface area contributed by atoms with Crippen molar-refractivity contribution >= 4 is 17.5 Å². The van der Waals surface area contributed by atoms with Crippen LogP contribution in [0.15, 0.2) is 23.3 Å². The number of nitrogens with one attached hydrogen (secondary N) is 1. The van der Waals surface area contributed by atoms with Crippen molar-refractivity contribution in [2.45, 2.75) is 38.6 Å². The number of aromatic nitrogens is 4. The molecule has 0 aliphatic carbocycles. The van der Waals surface area contributed by atoms with Crippen LogP contribution in [0.1, 0.15) is 48.3 Å². The largest absolute Gasteiger partial charge is 0.345 e. The number of carbonyl (C=O) groups is 1. The number of hydrogen-bond donors (Lipinski definition) is 1. The summed E-state index contributed by atoms with van der Waals surface area (Å²) in [6.45, 7) is 3.98. The van der Waals surface area contributed by atoms with Crippen molar-refractivity contribution in [1.82, 2.24) is 24.6 Å². The van der Waals surface area contributed by atoms with Gasteiger partial charge in [0.2, 0.25) is 0 Å². The van der Waals surface area contributed by atoms with E-state index < -0.39 is 0 Å². The van der Waals surface area contributed by atoms with Gasteiger partial charge in [-0.1, -0.05) is 18.5 Å². The molecule has 1 atom stereocenters. The van der Waals surface area contributed by atoms with E-state index in [9.17, 15) is 9.59 Å². The quantitative estimate of drug-likeness (QED) is 0.915. The Morgan fingerprint density at radius 1 is 1.50 bits per heavy atom. The molecule has 3 heterocycles. The molecule has 1 amide bonds. The van der Waals surface area contributed by atoms with Crippen LogP contribution in [-0.2, 0) is 6.54 Å². The van der Waals surface area contributed by atoms with E-state index in [2.05, 4.69) is 15.1 Å². The molecule has 0 spiro atoms. The molecule has 0 radical (unpaired) electrons. The van der Waals surface area contributed by atoms with Gasteiger partial charge in [-0.2, -0.15) is 5.10 Å². The molecular weight excluding hydrogens is 330 g/mol. The summed E-state index contributed by atoms with van der Waals surface area (Å²) in [4.78, 5) is 32.3. The van der Waals surface area contributed by atoms with Crippen molar-refractivity contribution in [3.05, 3.63) is 45.4 Å². The highest BCUT2D eigenvalue weighted by Gasteiger charge is 2.28. The molecule has 0 bridgehead atoms. The lowest BCUT2D eigenvalue weighted by molar-refractivity contribution is 0.0699. The number of amides is 1.